The predicted molar refractivity (Wildman–Crippen MR) is 161 cm³/mol. The highest BCUT2D eigenvalue weighted by molar-refractivity contribution is 7.22. The van der Waals surface area contributed by atoms with Gasteiger partial charge in [0.15, 0.2) is 0 Å². The molecule has 0 N–H and O–H groups in total. The molecule has 0 aliphatic heterocycles. The van der Waals surface area contributed by atoms with Crippen LogP contribution in [-0.4, -0.2) is 0 Å². The molecule has 2 heterocycles. The highest BCUT2D eigenvalue weighted by Crippen LogP contribution is 2.42. The van der Waals surface area contributed by atoms with Crippen molar-refractivity contribution in [3.8, 4) is 20.9 Å². The number of fused-ring (bicyclic) bond motifs is 7. The molecule has 0 radical (unpaired) electrons. The largest absolute Gasteiger partial charge is 0.135 e. The van der Waals surface area contributed by atoms with Gasteiger partial charge in [-0.25, -0.2) is 0 Å². The molecule has 168 valence electrons. The Kier molecular flexibility index (Phi) is 4.36. The molecule has 0 aliphatic carbocycles. The van der Waals surface area contributed by atoms with Crippen LogP contribution in [0.1, 0.15) is 0 Å². The lowest BCUT2D eigenvalue weighted by Crippen LogP contribution is -1.85. The summed E-state index contributed by atoms with van der Waals surface area (Å²) in [6.45, 7) is 0. The molecule has 0 nitrogen and oxygen atoms in total. The zero-order valence-corrected chi connectivity index (χ0v) is 21.0. The van der Waals surface area contributed by atoms with Gasteiger partial charge in [0.05, 0.1) is 0 Å². The average molecular weight is 493 g/mol. The Morgan fingerprint density at radius 2 is 0.750 bits per heavy atom. The average Bonchev–Trinajstić information content (AvgIpc) is 3.56. The van der Waals surface area contributed by atoms with E-state index in [4.69, 9.17) is 0 Å². The first kappa shape index (κ1) is 20.2. The summed E-state index contributed by atoms with van der Waals surface area (Å²) in [5.41, 5.74) is 2.63. The number of rotatable bonds is 2. The molecule has 0 unspecified atom stereocenters. The standard InChI is InChI=1S/C34H20S2/c1-3-13-31-21(7-1)19-33(35-31)29-11-5-9-23-25-16-18-28-24(26(25)15-17-27(23)29)10-6-12-30(28)34-20-22-8-2-4-14-32(22)36-34/h1-20H. The summed E-state index contributed by atoms with van der Waals surface area (Å²) in [4.78, 5) is 2.66. The van der Waals surface area contributed by atoms with Gasteiger partial charge in [0.2, 0.25) is 0 Å². The van der Waals surface area contributed by atoms with E-state index < -0.39 is 0 Å². The Morgan fingerprint density at radius 1 is 0.333 bits per heavy atom. The number of thiophene rings is 2. The van der Waals surface area contributed by atoms with Crippen LogP contribution in [0.2, 0.25) is 0 Å². The van der Waals surface area contributed by atoms with Crippen LogP contribution in [0.3, 0.4) is 0 Å². The summed E-state index contributed by atoms with van der Waals surface area (Å²) < 4.78 is 2.68. The van der Waals surface area contributed by atoms with Crippen molar-refractivity contribution in [2.24, 2.45) is 0 Å². The maximum absolute atomic E-state index is 2.33. The van der Waals surface area contributed by atoms with Crippen molar-refractivity contribution in [1.82, 2.24) is 0 Å². The molecule has 2 heteroatoms. The van der Waals surface area contributed by atoms with Crippen molar-refractivity contribution in [1.29, 1.82) is 0 Å². The molecule has 0 amide bonds. The third kappa shape index (κ3) is 2.99. The van der Waals surface area contributed by atoms with Crippen LogP contribution >= 0.6 is 22.7 Å². The van der Waals surface area contributed by atoms with E-state index in [0.29, 0.717) is 0 Å². The minimum Gasteiger partial charge on any atom is -0.135 e. The van der Waals surface area contributed by atoms with Gasteiger partial charge in [-0.15, -0.1) is 22.7 Å². The lowest BCUT2D eigenvalue weighted by atomic mass is 9.93. The van der Waals surface area contributed by atoms with Crippen LogP contribution in [0.25, 0.3) is 73.4 Å². The fourth-order valence-corrected chi connectivity index (χ4v) is 7.81. The number of hydrogen-bond donors (Lipinski definition) is 0. The zero-order chi connectivity index (χ0) is 23.6. The summed E-state index contributed by atoms with van der Waals surface area (Å²) >= 11 is 3.75. The number of hydrogen-bond acceptors (Lipinski definition) is 2. The first-order valence-corrected chi connectivity index (χ1v) is 13.8. The van der Waals surface area contributed by atoms with E-state index in [1.807, 2.05) is 22.7 Å². The fraction of sp³-hybridized carbons (Fsp3) is 0. The van der Waals surface area contributed by atoms with E-state index >= 15 is 0 Å². The van der Waals surface area contributed by atoms with Crippen LogP contribution in [-0.2, 0) is 0 Å². The second kappa shape index (κ2) is 7.76. The van der Waals surface area contributed by atoms with Gasteiger partial charge in [-0.2, -0.15) is 0 Å². The predicted octanol–water partition coefficient (Wildman–Crippen LogP) is 10.9. The molecule has 0 fully saturated rings. The monoisotopic (exact) mass is 492 g/mol. The molecule has 6 aromatic carbocycles. The van der Waals surface area contributed by atoms with E-state index in [0.717, 1.165) is 0 Å². The summed E-state index contributed by atoms with van der Waals surface area (Å²) in [5.74, 6) is 0. The minimum atomic E-state index is 1.31. The molecular formula is C34H20S2. The van der Waals surface area contributed by atoms with Gasteiger partial charge in [0.25, 0.3) is 0 Å². The van der Waals surface area contributed by atoms with Crippen LogP contribution < -0.4 is 0 Å². The van der Waals surface area contributed by atoms with Gasteiger partial charge in [0, 0.05) is 19.2 Å². The molecule has 0 saturated carbocycles. The minimum absolute atomic E-state index is 1.31. The van der Waals surface area contributed by atoms with Gasteiger partial charge in [-0.1, -0.05) is 97.1 Å². The fourth-order valence-electron chi connectivity index (χ4n) is 5.60. The topological polar surface area (TPSA) is 0 Å². The van der Waals surface area contributed by atoms with Gasteiger partial charge in [-0.3, -0.25) is 0 Å². The van der Waals surface area contributed by atoms with Crippen LogP contribution in [0.15, 0.2) is 121 Å². The second-order valence-electron chi connectivity index (χ2n) is 9.32. The lowest BCUT2D eigenvalue weighted by molar-refractivity contribution is 1.75. The third-order valence-corrected chi connectivity index (χ3v) is 9.60. The quantitative estimate of drug-likeness (QED) is 0.211. The molecule has 0 atom stereocenters. The van der Waals surface area contributed by atoms with E-state index in [-0.39, 0.29) is 0 Å². The van der Waals surface area contributed by atoms with Gasteiger partial charge in [0.1, 0.15) is 0 Å². The van der Waals surface area contributed by atoms with E-state index in [2.05, 4.69) is 121 Å². The maximum atomic E-state index is 2.33. The molecule has 8 rings (SSSR count). The Morgan fingerprint density at radius 3 is 1.22 bits per heavy atom. The van der Waals surface area contributed by atoms with Crippen molar-refractivity contribution < 1.29 is 0 Å². The van der Waals surface area contributed by atoms with Crippen molar-refractivity contribution in [2.75, 3.05) is 0 Å². The van der Waals surface area contributed by atoms with Crippen molar-refractivity contribution in [2.45, 2.75) is 0 Å². The Bertz CT molecular complexity index is 1890. The normalized spacial score (nSPS) is 11.9. The van der Waals surface area contributed by atoms with Gasteiger partial charge < -0.3 is 0 Å². The summed E-state index contributed by atoms with van der Waals surface area (Å²) in [5, 5.41) is 10.5. The molecule has 0 saturated heterocycles. The highest BCUT2D eigenvalue weighted by Gasteiger charge is 2.13. The van der Waals surface area contributed by atoms with Crippen molar-refractivity contribution in [3.63, 3.8) is 0 Å². The second-order valence-corrected chi connectivity index (χ2v) is 11.5. The summed E-state index contributed by atoms with van der Waals surface area (Å²) in [6, 6.07) is 44.8. The molecule has 8 aromatic rings. The Hall–Kier alpha value is -3.98. The molecular weight excluding hydrogens is 473 g/mol. The van der Waals surface area contributed by atoms with Crippen molar-refractivity contribution in [3.05, 3.63) is 121 Å². The first-order chi connectivity index (χ1) is 17.8. The summed E-state index contributed by atoms with van der Waals surface area (Å²) in [7, 11) is 0. The molecule has 0 bridgehead atoms. The maximum Gasteiger partial charge on any atom is 0.0361 e. The van der Waals surface area contributed by atoms with Gasteiger partial charge >= 0.3 is 0 Å². The van der Waals surface area contributed by atoms with Crippen LogP contribution in [0.5, 0.6) is 0 Å². The van der Waals surface area contributed by atoms with Crippen LogP contribution in [0, 0.1) is 0 Å². The van der Waals surface area contributed by atoms with E-state index in [1.54, 1.807) is 0 Å². The smallest absolute Gasteiger partial charge is 0.0361 e. The molecule has 0 spiro atoms. The van der Waals surface area contributed by atoms with Crippen molar-refractivity contribution >= 4 is 75.2 Å². The third-order valence-electron chi connectivity index (χ3n) is 7.30. The zero-order valence-electron chi connectivity index (χ0n) is 19.4. The Labute approximate surface area is 216 Å². The van der Waals surface area contributed by atoms with Gasteiger partial charge in [-0.05, 0) is 78.5 Å². The highest BCUT2D eigenvalue weighted by atomic mass is 32.1. The molecule has 2 aromatic heterocycles. The summed E-state index contributed by atoms with van der Waals surface area (Å²) in [6.07, 6.45) is 0. The SMILES string of the molecule is c1ccc2sc(-c3cccc4c3ccc3c5cccc(-c6cc7ccccc7s6)c5ccc43)cc2c1. The number of benzene rings is 6. The first-order valence-electron chi connectivity index (χ1n) is 12.2. The molecule has 36 heavy (non-hydrogen) atoms. The van der Waals surface area contributed by atoms with Crippen LogP contribution in [0.4, 0.5) is 0 Å². The lowest BCUT2D eigenvalue weighted by Gasteiger charge is -2.12. The van der Waals surface area contributed by atoms with E-state index in [1.165, 1.54) is 73.4 Å². The van der Waals surface area contributed by atoms with E-state index in [9.17, 15) is 0 Å². The Balaban J connectivity index is 1.36. The molecule has 0 aliphatic rings.